The molecule has 17 heavy (non-hydrogen) atoms. The Morgan fingerprint density at radius 1 is 1.29 bits per heavy atom. The van der Waals surface area contributed by atoms with Crippen molar-refractivity contribution in [1.82, 2.24) is 0 Å². The van der Waals surface area contributed by atoms with Crippen molar-refractivity contribution in [2.75, 3.05) is 13.7 Å². The van der Waals surface area contributed by atoms with Gasteiger partial charge in [0.05, 0.1) is 12.7 Å². The lowest BCUT2D eigenvalue weighted by molar-refractivity contribution is 0.111. The van der Waals surface area contributed by atoms with Gasteiger partial charge in [0.2, 0.25) is 0 Å². The number of para-hydroxylation sites is 1. The predicted molar refractivity (Wildman–Crippen MR) is 67.8 cm³/mol. The summed E-state index contributed by atoms with van der Waals surface area (Å²) in [5, 5.41) is 0. The van der Waals surface area contributed by atoms with Gasteiger partial charge in [0.25, 0.3) is 0 Å². The Balaban J connectivity index is 2.77. The first-order valence-corrected chi connectivity index (χ1v) is 5.36. The van der Waals surface area contributed by atoms with E-state index in [1.807, 2.05) is 31.2 Å². The molecule has 0 N–H and O–H groups in total. The molecule has 0 aliphatic carbocycles. The van der Waals surface area contributed by atoms with Gasteiger partial charge in [-0.3, -0.25) is 4.79 Å². The molecule has 1 aromatic rings. The maximum absolute atomic E-state index is 10.9. The Hall–Kier alpha value is -2.03. The fourth-order valence-corrected chi connectivity index (χ4v) is 1.32. The van der Waals surface area contributed by atoms with Crippen LogP contribution >= 0.6 is 0 Å². The molecule has 1 aromatic carbocycles. The molecule has 0 saturated carbocycles. The van der Waals surface area contributed by atoms with Gasteiger partial charge in [-0.1, -0.05) is 24.3 Å². The molecule has 0 aliphatic heterocycles. The van der Waals surface area contributed by atoms with Gasteiger partial charge in [-0.2, -0.15) is 0 Å². The van der Waals surface area contributed by atoms with Crippen molar-refractivity contribution in [1.29, 1.82) is 0 Å². The highest BCUT2D eigenvalue weighted by Gasteiger charge is 2.08. The summed E-state index contributed by atoms with van der Waals surface area (Å²) in [6.07, 6.45) is 8.34. The molecule has 0 fully saturated rings. The number of hydrogen-bond acceptors (Lipinski definition) is 3. The molecule has 0 heterocycles. The highest BCUT2D eigenvalue weighted by Crippen LogP contribution is 2.29. The van der Waals surface area contributed by atoms with Crippen molar-refractivity contribution in [2.45, 2.75) is 6.92 Å². The summed E-state index contributed by atoms with van der Waals surface area (Å²) in [7, 11) is 1.55. The number of benzene rings is 1. The van der Waals surface area contributed by atoms with Crippen molar-refractivity contribution in [3.63, 3.8) is 0 Å². The minimum Gasteiger partial charge on any atom is -0.493 e. The largest absolute Gasteiger partial charge is 0.493 e. The SMILES string of the molecule is C/C=C/C=C/COc1c(C=O)cccc1OC. The van der Waals surface area contributed by atoms with Gasteiger partial charge < -0.3 is 9.47 Å². The second-order valence-corrected chi connectivity index (χ2v) is 3.26. The van der Waals surface area contributed by atoms with Crippen molar-refractivity contribution >= 4 is 6.29 Å². The predicted octanol–water partition coefficient (Wildman–Crippen LogP) is 3.02. The standard InChI is InChI=1S/C14H16O3/c1-3-4-5-6-10-17-14-12(11-15)8-7-9-13(14)16-2/h3-9,11H,10H2,1-2H3/b4-3+,6-5+. The second-order valence-electron chi connectivity index (χ2n) is 3.26. The van der Waals surface area contributed by atoms with Crippen LogP contribution < -0.4 is 9.47 Å². The number of carbonyl (C=O) groups is 1. The Bertz CT molecular complexity index is 419. The summed E-state index contributed by atoms with van der Waals surface area (Å²) >= 11 is 0. The van der Waals surface area contributed by atoms with E-state index in [4.69, 9.17) is 9.47 Å². The monoisotopic (exact) mass is 232 g/mol. The fraction of sp³-hybridized carbons (Fsp3) is 0.214. The molecule has 1 rings (SSSR count). The molecule has 90 valence electrons. The van der Waals surface area contributed by atoms with Crippen molar-refractivity contribution in [2.24, 2.45) is 0 Å². The molecule has 0 bridgehead atoms. The first-order chi connectivity index (χ1) is 8.33. The van der Waals surface area contributed by atoms with Crippen molar-refractivity contribution in [3.8, 4) is 11.5 Å². The number of allylic oxidation sites excluding steroid dienone is 3. The molecule has 0 aliphatic rings. The average molecular weight is 232 g/mol. The minimum absolute atomic E-state index is 0.394. The number of carbonyl (C=O) groups excluding carboxylic acids is 1. The van der Waals surface area contributed by atoms with Gasteiger partial charge in [0.1, 0.15) is 6.61 Å². The molecular formula is C14H16O3. The zero-order chi connectivity index (χ0) is 12.5. The quantitative estimate of drug-likeness (QED) is 0.558. The van der Waals surface area contributed by atoms with E-state index in [0.29, 0.717) is 23.7 Å². The first kappa shape index (κ1) is 13.0. The van der Waals surface area contributed by atoms with Gasteiger partial charge in [0, 0.05) is 0 Å². The first-order valence-electron chi connectivity index (χ1n) is 5.36. The van der Waals surface area contributed by atoms with Crippen molar-refractivity contribution in [3.05, 3.63) is 48.1 Å². The van der Waals surface area contributed by atoms with Crippen LogP contribution in [-0.4, -0.2) is 20.0 Å². The van der Waals surface area contributed by atoms with E-state index in [9.17, 15) is 4.79 Å². The summed E-state index contributed by atoms with van der Waals surface area (Å²) in [5.41, 5.74) is 0.490. The fourth-order valence-electron chi connectivity index (χ4n) is 1.32. The van der Waals surface area contributed by atoms with Crippen LogP contribution in [0.5, 0.6) is 11.5 Å². The lowest BCUT2D eigenvalue weighted by atomic mass is 10.2. The number of ether oxygens (including phenoxy) is 2. The van der Waals surface area contributed by atoms with E-state index in [-0.39, 0.29) is 0 Å². The number of methoxy groups -OCH3 is 1. The van der Waals surface area contributed by atoms with Crippen LogP contribution in [0, 0.1) is 0 Å². The van der Waals surface area contributed by atoms with E-state index >= 15 is 0 Å². The molecule has 3 nitrogen and oxygen atoms in total. The topological polar surface area (TPSA) is 35.5 Å². The maximum Gasteiger partial charge on any atom is 0.172 e. The van der Waals surface area contributed by atoms with E-state index in [0.717, 1.165) is 6.29 Å². The maximum atomic E-state index is 10.9. The summed E-state index contributed by atoms with van der Waals surface area (Å²) in [4.78, 5) is 10.9. The third-order valence-corrected chi connectivity index (χ3v) is 2.12. The second kappa shape index (κ2) is 7.28. The van der Waals surface area contributed by atoms with Gasteiger partial charge in [-0.05, 0) is 25.1 Å². The number of rotatable bonds is 6. The van der Waals surface area contributed by atoms with Crippen LogP contribution in [0.1, 0.15) is 17.3 Å². The Labute approximate surface area is 101 Å². The lowest BCUT2D eigenvalue weighted by Crippen LogP contribution is -1.99. The van der Waals surface area contributed by atoms with Crippen LogP contribution in [0.25, 0.3) is 0 Å². The Morgan fingerprint density at radius 3 is 2.76 bits per heavy atom. The molecule has 0 amide bonds. The van der Waals surface area contributed by atoms with Gasteiger partial charge in [-0.25, -0.2) is 0 Å². The van der Waals surface area contributed by atoms with Crippen LogP contribution in [-0.2, 0) is 0 Å². The Kier molecular flexibility index (Phi) is 5.58. The molecule has 0 saturated heterocycles. The molecule has 3 heteroatoms. The van der Waals surface area contributed by atoms with E-state index in [1.165, 1.54) is 0 Å². The van der Waals surface area contributed by atoms with Crippen LogP contribution in [0.3, 0.4) is 0 Å². The van der Waals surface area contributed by atoms with Gasteiger partial charge in [0.15, 0.2) is 17.8 Å². The molecular weight excluding hydrogens is 216 g/mol. The number of hydrogen-bond donors (Lipinski definition) is 0. The molecule has 0 radical (unpaired) electrons. The third-order valence-electron chi connectivity index (χ3n) is 2.12. The van der Waals surface area contributed by atoms with Gasteiger partial charge >= 0.3 is 0 Å². The zero-order valence-electron chi connectivity index (χ0n) is 10.1. The van der Waals surface area contributed by atoms with E-state index in [2.05, 4.69) is 0 Å². The molecule has 0 unspecified atom stereocenters. The zero-order valence-corrected chi connectivity index (χ0v) is 10.1. The minimum atomic E-state index is 0.394. The lowest BCUT2D eigenvalue weighted by Gasteiger charge is -2.10. The smallest absolute Gasteiger partial charge is 0.172 e. The molecule has 0 aromatic heterocycles. The van der Waals surface area contributed by atoms with Crippen molar-refractivity contribution < 1.29 is 14.3 Å². The molecule has 0 spiro atoms. The highest BCUT2D eigenvalue weighted by atomic mass is 16.5. The average Bonchev–Trinajstić information content (AvgIpc) is 2.38. The highest BCUT2D eigenvalue weighted by molar-refractivity contribution is 5.81. The van der Waals surface area contributed by atoms with E-state index in [1.54, 1.807) is 25.3 Å². The normalized spacial score (nSPS) is 10.9. The number of aldehydes is 1. The summed E-state index contributed by atoms with van der Waals surface area (Å²) < 4.78 is 10.7. The van der Waals surface area contributed by atoms with Crippen LogP contribution in [0.2, 0.25) is 0 Å². The summed E-state index contributed by atoms with van der Waals surface area (Å²) in [5.74, 6) is 1.05. The summed E-state index contributed by atoms with van der Waals surface area (Å²) in [6.45, 7) is 2.33. The molecule has 0 atom stereocenters. The third kappa shape index (κ3) is 3.79. The van der Waals surface area contributed by atoms with Gasteiger partial charge in [-0.15, -0.1) is 0 Å². The van der Waals surface area contributed by atoms with E-state index < -0.39 is 0 Å². The van der Waals surface area contributed by atoms with Crippen LogP contribution in [0.15, 0.2) is 42.5 Å². The summed E-state index contributed by atoms with van der Waals surface area (Å²) in [6, 6.07) is 5.21. The van der Waals surface area contributed by atoms with Crippen LogP contribution in [0.4, 0.5) is 0 Å². The Morgan fingerprint density at radius 2 is 2.12 bits per heavy atom.